The molecule has 0 aliphatic heterocycles. The summed E-state index contributed by atoms with van der Waals surface area (Å²) in [4.78, 5) is 13.6. The second-order valence-corrected chi connectivity index (χ2v) is 5.41. The van der Waals surface area contributed by atoms with E-state index in [2.05, 4.69) is 4.74 Å². The maximum absolute atomic E-state index is 12.4. The van der Waals surface area contributed by atoms with Crippen molar-refractivity contribution < 1.29 is 23.0 Å². The molecule has 0 saturated heterocycles. The van der Waals surface area contributed by atoms with Gasteiger partial charge in [0, 0.05) is 13.6 Å². The lowest BCUT2D eigenvalue weighted by molar-refractivity contribution is -0.132. The van der Waals surface area contributed by atoms with Crippen LogP contribution in [0.5, 0.6) is 11.5 Å². The molecule has 0 heterocycles. The first-order valence-corrected chi connectivity index (χ1v) is 7.10. The fourth-order valence-corrected chi connectivity index (χ4v) is 2.19. The van der Waals surface area contributed by atoms with E-state index in [1.54, 1.807) is 26.1 Å². The van der Waals surface area contributed by atoms with Crippen LogP contribution in [-0.4, -0.2) is 36.6 Å². The van der Waals surface area contributed by atoms with Crippen molar-refractivity contribution in [3.63, 3.8) is 0 Å². The lowest BCUT2D eigenvalue weighted by atomic mass is 10.1. The third-order valence-corrected chi connectivity index (χ3v) is 3.51. The molecule has 2 N–H and O–H groups in total. The van der Waals surface area contributed by atoms with Crippen LogP contribution < -0.4 is 15.2 Å². The van der Waals surface area contributed by atoms with E-state index in [4.69, 9.17) is 10.5 Å². The van der Waals surface area contributed by atoms with Crippen LogP contribution in [0.2, 0.25) is 0 Å². The molecule has 7 heteroatoms. The van der Waals surface area contributed by atoms with Crippen LogP contribution in [0.25, 0.3) is 0 Å². The van der Waals surface area contributed by atoms with Gasteiger partial charge in [0.2, 0.25) is 5.91 Å². The number of nitrogens with two attached hydrogens (primary N) is 1. The Balaban J connectivity index is 2.10. The lowest BCUT2D eigenvalue weighted by Crippen LogP contribution is -2.43. The Labute approximate surface area is 128 Å². The molecule has 0 radical (unpaired) electrons. The van der Waals surface area contributed by atoms with Crippen molar-refractivity contribution in [3.8, 4) is 11.5 Å². The summed E-state index contributed by atoms with van der Waals surface area (Å²) in [7, 11) is 1.67. The van der Waals surface area contributed by atoms with Gasteiger partial charge in [-0.3, -0.25) is 4.79 Å². The van der Waals surface area contributed by atoms with E-state index in [0.717, 1.165) is 5.56 Å². The molecule has 1 aliphatic rings. The minimum atomic E-state index is -2.92. The lowest BCUT2D eigenvalue weighted by Gasteiger charge is -2.21. The van der Waals surface area contributed by atoms with Crippen LogP contribution in [0.1, 0.15) is 25.3 Å². The quantitative estimate of drug-likeness (QED) is 0.837. The van der Waals surface area contributed by atoms with Gasteiger partial charge in [-0.1, -0.05) is 6.07 Å². The number of alkyl halides is 2. The number of likely N-dealkylation sites (N-methyl/N-ethyl adjacent to an activating group) is 1. The average molecular weight is 314 g/mol. The second-order valence-electron chi connectivity index (χ2n) is 5.41. The van der Waals surface area contributed by atoms with Crippen LogP contribution >= 0.6 is 0 Å². The van der Waals surface area contributed by atoms with Crippen molar-refractivity contribution in [1.82, 2.24) is 4.90 Å². The fraction of sp³-hybridized carbons (Fsp3) is 0.533. The number of benzene rings is 1. The maximum atomic E-state index is 12.4. The first-order valence-electron chi connectivity index (χ1n) is 7.10. The molecular formula is C15H20F2N2O3. The zero-order valence-corrected chi connectivity index (χ0v) is 12.6. The van der Waals surface area contributed by atoms with Crippen molar-refractivity contribution in [2.75, 3.05) is 13.7 Å². The van der Waals surface area contributed by atoms with Crippen LogP contribution in [0.4, 0.5) is 8.78 Å². The molecule has 0 spiro atoms. The van der Waals surface area contributed by atoms with Gasteiger partial charge in [0.15, 0.2) is 11.5 Å². The monoisotopic (exact) mass is 314 g/mol. The molecule has 122 valence electrons. The van der Waals surface area contributed by atoms with Gasteiger partial charge in [-0.25, -0.2) is 0 Å². The summed E-state index contributed by atoms with van der Waals surface area (Å²) in [6.45, 7) is -0.516. The standard InChI is InChI=1S/C15H20F2N2O3/c1-3-21-12-8-10(4-5-11(12)22-14(16)17)9-19(2)13(20)15(18)6-7-15/h4-5,8,14H,3,6-7,9,18H2,1-2H3. The van der Waals surface area contributed by atoms with Crippen molar-refractivity contribution in [1.29, 1.82) is 0 Å². The van der Waals surface area contributed by atoms with Gasteiger partial charge in [0.1, 0.15) is 0 Å². The van der Waals surface area contributed by atoms with Crippen LogP contribution in [0.3, 0.4) is 0 Å². The largest absolute Gasteiger partial charge is 0.490 e. The van der Waals surface area contributed by atoms with Gasteiger partial charge in [-0.2, -0.15) is 8.78 Å². The Kier molecular flexibility index (Phi) is 4.85. The number of halogens is 2. The first kappa shape index (κ1) is 16.5. The number of ether oxygens (including phenoxy) is 2. The Hall–Kier alpha value is -1.89. The molecule has 0 aromatic heterocycles. The molecule has 5 nitrogen and oxygen atoms in total. The number of nitrogens with zero attached hydrogens (tertiary/aromatic N) is 1. The summed E-state index contributed by atoms with van der Waals surface area (Å²) in [6, 6.07) is 4.64. The molecule has 1 aliphatic carbocycles. The second kappa shape index (κ2) is 6.48. The van der Waals surface area contributed by atoms with Crippen molar-refractivity contribution >= 4 is 5.91 Å². The smallest absolute Gasteiger partial charge is 0.387 e. The predicted molar refractivity (Wildman–Crippen MR) is 76.9 cm³/mol. The molecular weight excluding hydrogens is 294 g/mol. The highest BCUT2D eigenvalue weighted by molar-refractivity contribution is 5.88. The Morgan fingerprint density at radius 3 is 2.64 bits per heavy atom. The highest BCUT2D eigenvalue weighted by Gasteiger charge is 2.47. The summed E-state index contributed by atoms with van der Waals surface area (Å²) in [5.74, 6) is 0.0977. The maximum Gasteiger partial charge on any atom is 0.387 e. The SMILES string of the molecule is CCOc1cc(CN(C)C(=O)C2(N)CC2)ccc1OC(F)F. The van der Waals surface area contributed by atoms with Crippen molar-refractivity contribution in [2.24, 2.45) is 5.73 Å². The molecule has 1 fully saturated rings. The highest BCUT2D eigenvalue weighted by atomic mass is 19.3. The molecule has 1 aromatic carbocycles. The van der Waals surface area contributed by atoms with Crippen LogP contribution in [0.15, 0.2) is 18.2 Å². The summed E-state index contributed by atoms with van der Waals surface area (Å²) in [6.07, 6.45) is 1.39. The third kappa shape index (κ3) is 3.85. The zero-order valence-electron chi connectivity index (χ0n) is 12.6. The molecule has 0 bridgehead atoms. The Morgan fingerprint density at radius 1 is 1.41 bits per heavy atom. The molecule has 0 unspecified atom stereocenters. The topological polar surface area (TPSA) is 64.8 Å². The summed E-state index contributed by atoms with van der Waals surface area (Å²) >= 11 is 0. The number of carbonyl (C=O) groups excluding carboxylic acids is 1. The average Bonchev–Trinajstić information content (AvgIpc) is 3.20. The number of carbonyl (C=O) groups is 1. The third-order valence-electron chi connectivity index (χ3n) is 3.51. The summed E-state index contributed by atoms with van der Waals surface area (Å²) in [5.41, 5.74) is 5.91. The number of amides is 1. The normalized spacial score (nSPS) is 15.5. The van der Waals surface area contributed by atoms with Gasteiger partial charge in [-0.15, -0.1) is 0 Å². The fourth-order valence-electron chi connectivity index (χ4n) is 2.19. The van der Waals surface area contributed by atoms with Gasteiger partial charge in [-0.05, 0) is 37.5 Å². The first-order chi connectivity index (χ1) is 10.4. The van der Waals surface area contributed by atoms with Crippen LogP contribution in [-0.2, 0) is 11.3 Å². The molecule has 22 heavy (non-hydrogen) atoms. The molecule has 1 saturated carbocycles. The summed E-state index contributed by atoms with van der Waals surface area (Å²) in [5, 5.41) is 0. The van der Waals surface area contributed by atoms with E-state index in [9.17, 15) is 13.6 Å². The Morgan fingerprint density at radius 2 is 2.09 bits per heavy atom. The molecule has 1 amide bonds. The van der Waals surface area contributed by atoms with Gasteiger partial charge < -0.3 is 20.1 Å². The van der Waals surface area contributed by atoms with E-state index in [-0.39, 0.29) is 17.4 Å². The van der Waals surface area contributed by atoms with Crippen molar-refractivity contribution in [3.05, 3.63) is 23.8 Å². The van der Waals surface area contributed by atoms with E-state index in [0.29, 0.717) is 26.0 Å². The number of hydrogen-bond acceptors (Lipinski definition) is 4. The molecule has 2 rings (SSSR count). The summed E-state index contributed by atoms with van der Waals surface area (Å²) < 4.78 is 34.4. The van der Waals surface area contributed by atoms with E-state index >= 15 is 0 Å². The predicted octanol–water partition coefficient (Wildman–Crippen LogP) is 2.14. The van der Waals surface area contributed by atoms with E-state index in [1.807, 2.05) is 0 Å². The highest BCUT2D eigenvalue weighted by Crippen LogP contribution is 2.35. The molecule has 1 aromatic rings. The number of rotatable bonds is 7. The number of hydrogen-bond donors (Lipinski definition) is 1. The molecule has 0 atom stereocenters. The minimum absolute atomic E-state index is 0.0212. The van der Waals surface area contributed by atoms with Gasteiger partial charge >= 0.3 is 6.61 Å². The van der Waals surface area contributed by atoms with Crippen LogP contribution in [0, 0.1) is 0 Å². The Bertz CT molecular complexity index is 548. The van der Waals surface area contributed by atoms with Crippen molar-refractivity contribution in [2.45, 2.75) is 38.5 Å². The van der Waals surface area contributed by atoms with Gasteiger partial charge in [0.05, 0.1) is 12.1 Å². The van der Waals surface area contributed by atoms with E-state index in [1.165, 1.54) is 11.0 Å². The van der Waals surface area contributed by atoms with Gasteiger partial charge in [0.25, 0.3) is 0 Å². The minimum Gasteiger partial charge on any atom is -0.490 e. The van der Waals surface area contributed by atoms with E-state index < -0.39 is 12.2 Å². The zero-order chi connectivity index (χ0) is 16.3.